The third-order valence-corrected chi connectivity index (χ3v) is 3.21. The summed E-state index contributed by atoms with van der Waals surface area (Å²) in [6.45, 7) is 7.83. The molecule has 0 fully saturated rings. The van der Waals surface area contributed by atoms with Crippen LogP contribution in [0.15, 0.2) is 24.3 Å². The van der Waals surface area contributed by atoms with Crippen LogP contribution in [0.3, 0.4) is 0 Å². The predicted molar refractivity (Wildman–Crippen MR) is 89.6 cm³/mol. The number of hydrogen-bond acceptors (Lipinski definition) is 5. The van der Waals surface area contributed by atoms with E-state index in [0.717, 1.165) is 5.56 Å². The Hall–Kier alpha value is -1.72. The molecule has 0 aliphatic heterocycles. The van der Waals surface area contributed by atoms with Crippen LogP contribution in [0.1, 0.15) is 38.3 Å². The standard InChI is InChI=1S/C18H27NO4/c1-13-6-5-7-14(10-13)12-22-9-8-15(11-20)16(19)17(21)23-18(2,3)4/h5-7,10,15,19-20H,8-9,11-12H2,1-4H3. The highest BCUT2D eigenvalue weighted by atomic mass is 16.6. The monoisotopic (exact) mass is 321 g/mol. The molecule has 0 bridgehead atoms. The minimum Gasteiger partial charge on any atom is -0.455 e. The lowest BCUT2D eigenvalue weighted by molar-refractivity contribution is -0.146. The van der Waals surface area contributed by atoms with Crippen LogP contribution in [0.5, 0.6) is 0 Å². The first-order valence-electron chi connectivity index (χ1n) is 7.79. The average Bonchev–Trinajstić information content (AvgIpc) is 2.45. The molecule has 0 amide bonds. The number of hydrogen-bond donors (Lipinski definition) is 2. The maximum Gasteiger partial charge on any atom is 0.352 e. The summed E-state index contributed by atoms with van der Waals surface area (Å²) >= 11 is 0. The van der Waals surface area contributed by atoms with Gasteiger partial charge in [0, 0.05) is 12.5 Å². The number of carbonyl (C=O) groups is 1. The minimum absolute atomic E-state index is 0.207. The lowest BCUT2D eigenvalue weighted by atomic mass is 10.0. The van der Waals surface area contributed by atoms with Crippen molar-refractivity contribution in [2.24, 2.45) is 5.92 Å². The van der Waals surface area contributed by atoms with Crippen molar-refractivity contribution in [3.8, 4) is 0 Å². The molecule has 0 radical (unpaired) electrons. The number of rotatable bonds is 8. The third kappa shape index (κ3) is 7.39. The zero-order chi connectivity index (χ0) is 17.5. The average molecular weight is 321 g/mol. The summed E-state index contributed by atoms with van der Waals surface area (Å²) in [6, 6.07) is 8.03. The fourth-order valence-corrected chi connectivity index (χ4v) is 2.04. The maximum atomic E-state index is 11.9. The normalized spacial score (nSPS) is 12.7. The predicted octanol–water partition coefficient (Wildman–Crippen LogP) is 2.87. The molecule has 0 saturated heterocycles. The van der Waals surface area contributed by atoms with Crippen molar-refractivity contribution < 1.29 is 19.4 Å². The number of esters is 1. The molecule has 0 saturated carbocycles. The van der Waals surface area contributed by atoms with Crippen LogP contribution >= 0.6 is 0 Å². The van der Waals surface area contributed by atoms with Gasteiger partial charge in [-0.05, 0) is 39.7 Å². The van der Waals surface area contributed by atoms with Gasteiger partial charge in [0.05, 0.1) is 13.2 Å². The second kappa shape index (κ2) is 8.79. The van der Waals surface area contributed by atoms with Crippen molar-refractivity contribution in [2.75, 3.05) is 13.2 Å². The molecule has 1 rings (SSSR count). The molecule has 0 aromatic heterocycles. The van der Waals surface area contributed by atoms with Gasteiger partial charge in [-0.2, -0.15) is 0 Å². The van der Waals surface area contributed by atoms with E-state index in [1.165, 1.54) is 5.56 Å². The minimum atomic E-state index is -0.685. The number of aryl methyl sites for hydroxylation is 1. The van der Waals surface area contributed by atoms with E-state index in [2.05, 4.69) is 0 Å². The summed E-state index contributed by atoms with van der Waals surface area (Å²) < 4.78 is 10.7. The first kappa shape index (κ1) is 19.3. The highest BCUT2D eigenvalue weighted by Crippen LogP contribution is 2.13. The highest BCUT2D eigenvalue weighted by Gasteiger charge is 2.25. The highest BCUT2D eigenvalue weighted by molar-refractivity contribution is 6.36. The molecule has 0 spiro atoms. The zero-order valence-corrected chi connectivity index (χ0v) is 14.4. The van der Waals surface area contributed by atoms with Gasteiger partial charge in [-0.1, -0.05) is 29.8 Å². The number of ether oxygens (including phenoxy) is 2. The first-order valence-corrected chi connectivity index (χ1v) is 7.79. The number of nitrogens with one attached hydrogen (secondary N) is 1. The molecule has 1 aromatic rings. The van der Waals surface area contributed by atoms with E-state index in [1.807, 2.05) is 31.2 Å². The smallest absolute Gasteiger partial charge is 0.352 e. The van der Waals surface area contributed by atoms with Gasteiger partial charge in [-0.25, -0.2) is 4.79 Å². The van der Waals surface area contributed by atoms with E-state index in [9.17, 15) is 9.90 Å². The largest absolute Gasteiger partial charge is 0.455 e. The Morgan fingerprint density at radius 1 is 1.35 bits per heavy atom. The Bertz CT molecular complexity index is 534. The van der Waals surface area contributed by atoms with Crippen molar-refractivity contribution in [3.05, 3.63) is 35.4 Å². The van der Waals surface area contributed by atoms with Crippen LogP contribution in [-0.4, -0.2) is 35.6 Å². The molecule has 128 valence electrons. The lowest BCUT2D eigenvalue weighted by Gasteiger charge is -2.22. The van der Waals surface area contributed by atoms with Gasteiger partial charge in [-0.15, -0.1) is 0 Å². The molecule has 1 unspecified atom stereocenters. The molecule has 0 aliphatic rings. The second-order valence-electron chi connectivity index (χ2n) is 6.63. The van der Waals surface area contributed by atoms with E-state index in [-0.39, 0.29) is 12.3 Å². The Balaban J connectivity index is 2.41. The molecule has 5 nitrogen and oxygen atoms in total. The summed E-state index contributed by atoms with van der Waals surface area (Å²) in [4.78, 5) is 11.9. The van der Waals surface area contributed by atoms with Crippen LogP contribution in [0.4, 0.5) is 0 Å². The number of aliphatic hydroxyl groups excluding tert-OH is 1. The SMILES string of the molecule is Cc1cccc(COCCC(CO)C(=N)C(=O)OC(C)(C)C)c1. The first-order chi connectivity index (χ1) is 10.7. The number of aliphatic hydroxyl groups is 1. The van der Waals surface area contributed by atoms with Gasteiger partial charge in [0.15, 0.2) is 0 Å². The van der Waals surface area contributed by atoms with E-state index in [0.29, 0.717) is 19.6 Å². The van der Waals surface area contributed by atoms with Crippen molar-refractivity contribution in [3.63, 3.8) is 0 Å². The molecule has 23 heavy (non-hydrogen) atoms. The second-order valence-corrected chi connectivity index (χ2v) is 6.63. The van der Waals surface area contributed by atoms with Crippen molar-refractivity contribution >= 4 is 11.7 Å². The fourth-order valence-electron chi connectivity index (χ4n) is 2.04. The van der Waals surface area contributed by atoms with Gasteiger partial charge in [0.2, 0.25) is 0 Å². The molecular weight excluding hydrogens is 294 g/mol. The summed E-state index contributed by atoms with van der Waals surface area (Å²) in [5.41, 5.74) is 1.39. The number of benzene rings is 1. The Morgan fingerprint density at radius 3 is 2.61 bits per heavy atom. The summed E-state index contributed by atoms with van der Waals surface area (Å²) in [6.07, 6.45) is 0.403. The molecule has 5 heteroatoms. The summed E-state index contributed by atoms with van der Waals surface area (Å²) in [5.74, 6) is -1.25. The van der Waals surface area contributed by atoms with Crippen molar-refractivity contribution in [2.45, 2.75) is 46.3 Å². The van der Waals surface area contributed by atoms with Crippen molar-refractivity contribution in [1.82, 2.24) is 0 Å². The fraction of sp³-hybridized carbons (Fsp3) is 0.556. The molecular formula is C18H27NO4. The Morgan fingerprint density at radius 2 is 2.04 bits per heavy atom. The molecule has 1 atom stereocenters. The van der Waals surface area contributed by atoms with Crippen LogP contribution in [-0.2, 0) is 20.9 Å². The van der Waals surface area contributed by atoms with Gasteiger partial charge < -0.3 is 14.6 Å². The van der Waals surface area contributed by atoms with E-state index in [1.54, 1.807) is 20.8 Å². The molecule has 2 N–H and O–H groups in total. The topological polar surface area (TPSA) is 79.6 Å². The van der Waals surface area contributed by atoms with E-state index < -0.39 is 17.5 Å². The van der Waals surface area contributed by atoms with Crippen molar-refractivity contribution in [1.29, 1.82) is 5.41 Å². The van der Waals surface area contributed by atoms with Crippen LogP contribution < -0.4 is 0 Å². The Kier molecular flexibility index (Phi) is 7.39. The van der Waals surface area contributed by atoms with Crippen LogP contribution in [0.2, 0.25) is 0 Å². The van der Waals surface area contributed by atoms with Crippen LogP contribution in [0.25, 0.3) is 0 Å². The zero-order valence-electron chi connectivity index (χ0n) is 14.4. The van der Waals surface area contributed by atoms with Crippen LogP contribution in [0, 0.1) is 18.3 Å². The summed E-state index contributed by atoms with van der Waals surface area (Å²) in [7, 11) is 0. The van der Waals surface area contributed by atoms with Gasteiger partial charge in [-0.3, -0.25) is 5.41 Å². The molecule has 0 heterocycles. The van der Waals surface area contributed by atoms with E-state index >= 15 is 0 Å². The third-order valence-electron chi connectivity index (χ3n) is 3.21. The molecule has 1 aromatic carbocycles. The molecule has 0 aliphatic carbocycles. The quantitative estimate of drug-likeness (QED) is 0.438. The van der Waals surface area contributed by atoms with Gasteiger partial charge in [0.1, 0.15) is 11.3 Å². The van der Waals surface area contributed by atoms with E-state index in [4.69, 9.17) is 14.9 Å². The maximum absolute atomic E-state index is 11.9. The Labute approximate surface area is 138 Å². The number of carbonyl (C=O) groups excluding carboxylic acids is 1. The lowest BCUT2D eigenvalue weighted by Crippen LogP contribution is -2.34. The van der Waals surface area contributed by atoms with Gasteiger partial charge >= 0.3 is 5.97 Å². The van der Waals surface area contributed by atoms with Gasteiger partial charge in [0.25, 0.3) is 0 Å². The summed E-state index contributed by atoms with van der Waals surface area (Å²) in [5, 5.41) is 17.3.